The van der Waals surface area contributed by atoms with Crippen LogP contribution < -0.4 is 24.5 Å². The second kappa shape index (κ2) is 39.7. The van der Waals surface area contributed by atoms with Crippen LogP contribution in [-0.2, 0) is 24.0 Å². The van der Waals surface area contributed by atoms with Crippen molar-refractivity contribution in [3.8, 4) is 67.4 Å². The zero-order valence-corrected chi connectivity index (χ0v) is 76.8. The number of halogens is 1. The predicted molar refractivity (Wildman–Crippen MR) is 529 cm³/mol. The third-order valence-corrected chi connectivity index (χ3v) is 28.0. The number of nitrogens with one attached hydrogen (secondary N) is 10. The van der Waals surface area contributed by atoms with Crippen LogP contribution in [0.2, 0.25) is 0 Å². The number of carbonyl (C=O) groups excluding carboxylic acids is 5. The number of amidine groups is 5. The van der Waals surface area contributed by atoms with Crippen molar-refractivity contribution in [2.45, 2.75) is 27.7 Å². The molecule has 0 radical (unpaired) electrons. The summed E-state index contributed by atoms with van der Waals surface area (Å²) >= 11 is 12.2. The van der Waals surface area contributed by atoms with Crippen LogP contribution in [0.3, 0.4) is 0 Å². The van der Waals surface area contributed by atoms with Gasteiger partial charge in [0, 0.05) is 107 Å². The molecule has 0 saturated carbocycles. The quantitative estimate of drug-likeness (QED) is 0.0402. The maximum absolute atomic E-state index is 13.9. The lowest BCUT2D eigenvalue weighted by Crippen LogP contribution is -2.27. The number of carbonyl (C=O) groups is 5. The Kier molecular flexibility index (Phi) is 26.8. The first kappa shape index (κ1) is 88.6. The monoisotopic (exact) mass is 1920 g/mol. The van der Waals surface area contributed by atoms with E-state index >= 15 is 0 Å². The molecule has 41 heteroatoms. The Morgan fingerprint density at radius 1 is 0.313 bits per heavy atom. The van der Waals surface area contributed by atoms with Crippen LogP contribution in [0.15, 0.2) is 259 Å². The molecular weight excluding hydrogens is 1850 g/mol. The summed E-state index contributed by atoms with van der Waals surface area (Å²) in [5.41, 5.74) is 18.5. The normalized spacial score (nSPS) is 16.0. The number of nitrogens with zero attached hydrogens (tertiary/aromatic N) is 15. The number of anilines is 5. The number of hydrogen-bond acceptors (Lipinski definition) is 30. The lowest BCUT2D eigenvalue weighted by Gasteiger charge is -2.09. The maximum Gasteiger partial charge on any atom is 0.273 e. The van der Waals surface area contributed by atoms with Gasteiger partial charge in [0.05, 0.1) is 89.7 Å². The number of hydrogen-bond donors (Lipinski definition) is 10. The molecule has 6 aromatic carbocycles. The highest BCUT2D eigenvalue weighted by atomic mass is 32.2. The minimum atomic E-state index is -0.308. The molecule has 5 aliphatic heterocycles. The molecule has 21 rings (SSSR count). The Morgan fingerprint density at radius 3 is 0.855 bits per heavy atom. The van der Waals surface area contributed by atoms with Crippen LogP contribution >= 0.6 is 115 Å². The summed E-state index contributed by atoms with van der Waals surface area (Å²) < 4.78 is 13.9. The number of aryl methyl sites for hydroxylation is 4. The number of thiazole rings is 5. The molecular formula is C90H66FN25O5S10. The molecule has 5 saturated heterocycles. The van der Waals surface area contributed by atoms with Crippen LogP contribution in [0.1, 0.15) is 50.2 Å². The van der Waals surface area contributed by atoms with Crippen molar-refractivity contribution in [2.75, 3.05) is 24.5 Å². The summed E-state index contributed by atoms with van der Waals surface area (Å²) in [5.74, 6) is -1.56. The zero-order valence-electron chi connectivity index (χ0n) is 68.6. The molecule has 0 spiro atoms. The third-order valence-electron chi connectivity index (χ3n) is 19.6. The Balaban J connectivity index is 0.000000115. The molecule has 10 aromatic heterocycles. The second-order valence-corrected chi connectivity index (χ2v) is 37.8. The molecule has 10 N–H and O–H groups in total. The molecule has 0 unspecified atom stereocenters. The Hall–Kier alpha value is -14.4. The highest BCUT2D eigenvalue weighted by Crippen LogP contribution is 2.44. The van der Waals surface area contributed by atoms with E-state index in [1.165, 1.54) is 98.4 Å². The van der Waals surface area contributed by atoms with Crippen LogP contribution in [0.25, 0.3) is 97.8 Å². The van der Waals surface area contributed by atoms with E-state index < -0.39 is 0 Å². The van der Waals surface area contributed by atoms with Gasteiger partial charge in [-0.2, -0.15) is 25.5 Å². The number of H-pyrrole nitrogens is 5. The molecule has 0 aliphatic carbocycles. The zero-order chi connectivity index (χ0) is 90.9. The molecule has 0 bridgehead atoms. The number of benzene rings is 6. The van der Waals surface area contributed by atoms with Gasteiger partial charge in [0.15, 0.2) is 51.5 Å². The topological polar surface area (TPSA) is 429 Å². The molecule has 5 amide bonds. The number of amides is 5. The van der Waals surface area contributed by atoms with Gasteiger partial charge >= 0.3 is 0 Å². The van der Waals surface area contributed by atoms with Gasteiger partial charge in [-0.1, -0.05) is 157 Å². The van der Waals surface area contributed by atoms with E-state index in [4.69, 9.17) is 27.0 Å². The van der Waals surface area contributed by atoms with Gasteiger partial charge in [-0.3, -0.25) is 76.5 Å². The Bertz CT molecular complexity index is 7200. The standard InChI is InChI=1S/C22H15N5OS2.C18H15N5OS2.C17H12FN5OS2.C17H13N5OS2.C16H11N5OS2/c23-21-27(22-24-10-11-29-22)20(28)18(30-21)12-17-13-25-26-19(17)16-8-6-15(7-9-16)14-4-2-1-3-5-14;1-10-3-5-12(6-4-10)15-13(8-20-22-15)7-14-16(24)23(17(19)26-14)18-21-11(2)9-25-18;1-9-2-3-10(6-12(9)18)14-11(8-21-22-14)7-13-15(24)23(16(19)26-13)17-20-4-5-25-17;1-10-2-4-11(5-3-10)14-12(9-20-21-14)8-13-15(23)22(16(18)25-13)17-19-6-7-24-17;17-15-21(16-18-6-7-23-16)14(22)12(24-15)8-11-9-19-20-13(11)10-4-2-1-3-5-10/h1-13,23H,(H,25,26);3-9,19H,1-2H3,(H,20,22);2-8,19H,1H3,(H,21,22);2-9,18H,1H3,(H,20,21);1-9,17H,(H,19,20)/b18-12-,23-21?;14-7-,19-17?;13-7-,19-16?;13-8-,18-16?;12-8-,17-15?. The minimum absolute atomic E-state index is 0.0997. The first-order valence-corrected chi connectivity index (χ1v) is 47.5. The average Bonchev–Trinajstić information content (AvgIpc) is 1.66. The third kappa shape index (κ3) is 19.6. The summed E-state index contributed by atoms with van der Waals surface area (Å²) in [4.78, 5) is 93.3. The number of rotatable bonds is 16. The van der Waals surface area contributed by atoms with Crippen LogP contribution in [0.4, 0.5) is 30.0 Å². The van der Waals surface area contributed by atoms with Crippen molar-refractivity contribution < 1.29 is 28.4 Å². The van der Waals surface area contributed by atoms with Crippen molar-refractivity contribution in [1.29, 1.82) is 27.0 Å². The van der Waals surface area contributed by atoms with Gasteiger partial charge in [-0.25, -0.2) is 53.8 Å². The second-order valence-electron chi connectivity index (χ2n) is 28.3. The predicted octanol–water partition coefficient (Wildman–Crippen LogP) is 21.0. The van der Waals surface area contributed by atoms with Crippen molar-refractivity contribution in [3.63, 3.8) is 0 Å². The van der Waals surface area contributed by atoms with Crippen molar-refractivity contribution >= 4 is 227 Å². The van der Waals surface area contributed by atoms with Gasteiger partial charge < -0.3 is 0 Å². The van der Waals surface area contributed by atoms with E-state index in [-0.39, 0.29) is 61.2 Å². The molecule has 5 aliphatic rings. The SMILES string of the molecule is Cc1ccc(-c2[nH]ncc2/C=C2\SC(=N)N(c3nc(C)cs3)C2=O)cc1.Cc1ccc(-c2[nH]ncc2/C=C2\SC(=N)N(c3nccs3)C2=O)cc1.Cc1ccc(-c2[nH]ncc2/C=C2\SC(=N)N(c3nccs3)C2=O)cc1F.N=C1S/C(=C\c2cn[nH]c2-c2ccc(-c3ccccc3)cc2)C(=O)N1c1nccs1.N=C1S/C(=C\c2cn[nH]c2-c2ccccc2)C(=O)N1c1nccs1. The number of aromatic amines is 5. The van der Waals surface area contributed by atoms with Gasteiger partial charge in [0.2, 0.25) is 0 Å². The summed E-state index contributed by atoms with van der Waals surface area (Å²) in [6, 6.07) is 49.3. The first-order chi connectivity index (χ1) is 63.6. The fourth-order valence-electron chi connectivity index (χ4n) is 13.2. The molecule has 0 atom stereocenters. The van der Waals surface area contributed by atoms with Gasteiger partial charge in [0.25, 0.3) is 29.5 Å². The van der Waals surface area contributed by atoms with E-state index in [0.29, 0.717) is 72.6 Å². The lowest BCUT2D eigenvalue weighted by molar-refractivity contribution is -0.114. The van der Waals surface area contributed by atoms with Crippen molar-refractivity contribution in [2.24, 2.45) is 0 Å². The van der Waals surface area contributed by atoms with E-state index in [1.807, 2.05) is 135 Å². The summed E-state index contributed by atoms with van der Waals surface area (Å²) in [7, 11) is 0. The molecule has 131 heavy (non-hydrogen) atoms. The maximum atomic E-state index is 13.9. The summed E-state index contributed by atoms with van der Waals surface area (Å²) in [5, 5.41) is 88.1. The van der Waals surface area contributed by atoms with E-state index in [2.05, 4.69) is 100 Å². The molecule has 5 fully saturated rings. The Labute approximate surface area is 786 Å². The molecule has 30 nitrogen and oxygen atoms in total. The molecule has 648 valence electrons. The number of aromatic nitrogens is 15. The van der Waals surface area contributed by atoms with E-state index in [9.17, 15) is 28.4 Å². The van der Waals surface area contributed by atoms with Gasteiger partial charge in [-0.05, 0) is 140 Å². The fourth-order valence-corrected chi connectivity index (χ4v) is 21.0. The first-order valence-electron chi connectivity index (χ1n) is 39.1. The largest absolute Gasteiger partial charge is 0.278 e. The smallest absolute Gasteiger partial charge is 0.273 e. The van der Waals surface area contributed by atoms with Crippen LogP contribution in [0, 0.1) is 60.6 Å². The van der Waals surface area contributed by atoms with Crippen molar-refractivity contribution in [3.05, 3.63) is 315 Å². The Morgan fingerprint density at radius 2 is 0.573 bits per heavy atom. The number of thioether (sulfide) groups is 5. The molecule has 15 heterocycles. The minimum Gasteiger partial charge on any atom is -0.278 e. The van der Waals surface area contributed by atoms with Crippen LogP contribution in [0.5, 0.6) is 0 Å². The highest BCUT2D eigenvalue weighted by molar-refractivity contribution is 8.20. The van der Waals surface area contributed by atoms with Gasteiger partial charge in [0.1, 0.15) is 5.82 Å². The highest BCUT2D eigenvalue weighted by Gasteiger charge is 2.40. The average molecular weight is 1920 g/mol. The lowest BCUT2D eigenvalue weighted by atomic mass is 10.0. The van der Waals surface area contributed by atoms with Crippen molar-refractivity contribution in [1.82, 2.24) is 75.9 Å². The van der Waals surface area contributed by atoms with Gasteiger partial charge in [-0.15, -0.1) is 56.7 Å². The van der Waals surface area contributed by atoms with E-state index in [1.54, 1.807) is 127 Å². The molecule has 16 aromatic rings. The summed E-state index contributed by atoms with van der Waals surface area (Å²) in [6.07, 6.45) is 23.5. The summed E-state index contributed by atoms with van der Waals surface area (Å²) in [6.45, 7) is 7.63. The van der Waals surface area contributed by atoms with Crippen LogP contribution in [-0.4, -0.2) is 131 Å². The fraction of sp³-hybridized carbons (Fsp3) is 0.0444. The van der Waals surface area contributed by atoms with E-state index in [0.717, 1.165) is 143 Å².